The zero-order chi connectivity index (χ0) is 14.8. The number of amides is 2. The Morgan fingerprint density at radius 1 is 1.37 bits per heavy atom. The van der Waals surface area contributed by atoms with Gasteiger partial charge in [-0.2, -0.15) is 0 Å². The van der Waals surface area contributed by atoms with E-state index in [0.717, 1.165) is 0 Å². The highest BCUT2D eigenvalue weighted by atomic mass is 16.5. The molecule has 2 amide bonds. The van der Waals surface area contributed by atoms with Gasteiger partial charge in [0.15, 0.2) is 0 Å². The van der Waals surface area contributed by atoms with E-state index in [-0.39, 0.29) is 12.6 Å². The first-order chi connectivity index (χ1) is 8.92. The fraction of sp³-hybridized carbons (Fsp3) is 0.750. The molecule has 0 aromatic heterocycles. The summed E-state index contributed by atoms with van der Waals surface area (Å²) in [6.07, 6.45) is 1.08. The van der Waals surface area contributed by atoms with Crippen LogP contribution in [-0.2, 0) is 14.3 Å². The van der Waals surface area contributed by atoms with Crippen molar-refractivity contribution in [2.75, 3.05) is 26.7 Å². The van der Waals surface area contributed by atoms with Crippen molar-refractivity contribution >= 4 is 18.0 Å². The molecule has 0 spiro atoms. The zero-order valence-electron chi connectivity index (χ0n) is 11.6. The number of nitrogens with zero attached hydrogens (tertiary/aromatic N) is 1. The number of aliphatic carboxylic acids is 1. The van der Waals surface area contributed by atoms with E-state index in [0.29, 0.717) is 25.9 Å². The van der Waals surface area contributed by atoms with E-state index < -0.39 is 17.9 Å². The number of ether oxygens (including phenoxy) is 1. The largest absolute Gasteiger partial charge is 0.481 e. The molecular weight excluding hydrogens is 252 g/mol. The van der Waals surface area contributed by atoms with E-state index in [2.05, 4.69) is 10.1 Å². The van der Waals surface area contributed by atoms with Gasteiger partial charge in [-0.3, -0.25) is 9.59 Å². The number of likely N-dealkylation sites (N-methyl/N-ethyl adjacent to an activating group) is 1. The Hall–Kier alpha value is -1.79. The van der Waals surface area contributed by atoms with Crippen molar-refractivity contribution in [3.05, 3.63) is 0 Å². The van der Waals surface area contributed by atoms with Crippen molar-refractivity contribution in [3.8, 4) is 0 Å². The highest BCUT2D eigenvalue weighted by Gasteiger charge is 2.15. The summed E-state index contributed by atoms with van der Waals surface area (Å²) in [5.41, 5.74) is 0. The minimum atomic E-state index is -0.841. The van der Waals surface area contributed by atoms with Gasteiger partial charge in [-0.1, -0.05) is 6.92 Å². The molecule has 19 heavy (non-hydrogen) atoms. The molecule has 0 bridgehead atoms. The molecule has 0 heterocycles. The molecule has 0 aliphatic rings. The van der Waals surface area contributed by atoms with Crippen molar-refractivity contribution in [2.45, 2.75) is 26.7 Å². The van der Waals surface area contributed by atoms with Crippen LogP contribution in [0.3, 0.4) is 0 Å². The predicted molar refractivity (Wildman–Crippen MR) is 68.7 cm³/mol. The fourth-order valence-corrected chi connectivity index (χ4v) is 1.39. The third-order valence-electron chi connectivity index (χ3n) is 2.73. The highest BCUT2D eigenvalue weighted by Crippen LogP contribution is 2.04. The number of hydrogen-bond acceptors (Lipinski definition) is 4. The standard InChI is InChI=1S/C12H22N2O5/c1-4-14(8-10(15)19-3)12(18)13-7-5-6-9(2)11(16)17/h9H,4-8H2,1-3H3,(H,13,18)(H,16,17). The van der Waals surface area contributed by atoms with Gasteiger partial charge in [0.05, 0.1) is 13.0 Å². The summed E-state index contributed by atoms with van der Waals surface area (Å²) < 4.78 is 4.49. The number of nitrogens with one attached hydrogen (secondary N) is 1. The van der Waals surface area contributed by atoms with Crippen LogP contribution in [-0.4, -0.2) is 54.7 Å². The molecule has 0 aliphatic carbocycles. The molecule has 7 nitrogen and oxygen atoms in total. The number of carbonyl (C=O) groups is 3. The number of methoxy groups -OCH3 is 1. The maximum absolute atomic E-state index is 11.7. The Kier molecular flexibility index (Phi) is 8.32. The van der Waals surface area contributed by atoms with E-state index in [1.807, 2.05) is 0 Å². The van der Waals surface area contributed by atoms with Gasteiger partial charge in [0.25, 0.3) is 0 Å². The lowest BCUT2D eigenvalue weighted by Gasteiger charge is -2.20. The van der Waals surface area contributed by atoms with Gasteiger partial charge in [0.2, 0.25) is 0 Å². The normalized spacial score (nSPS) is 11.5. The molecule has 0 aromatic rings. The van der Waals surface area contributed by atoms with Crippen molar-refractivity contribution in [2.24, 2.45) is 5.92 Å². The van der Waals surface area contributed by atoms with Gasteiger partial charge < -0.3 is 20.1 Å². The lowest BCUT2D eigenvalue weighted by molar-refractivity contribution is -0.142. The Morgan fingerprint density at radius 3 is 2.47 bits per heavy atom. The number of carboxylic acids is 1. The van der Waals surface area contributed by atoms with E-state index in [1.165, 1.54) is 12.0 Å². The van der Waals surface area contributed by atoms with Crippen LogP contribution in [0.2, 0.25) is 0 Å². The minimum Gasteiger partial charge on any atom is -0.481 e. The van der Waals surface area contributed by atoms with Crippen LogP contribution in [0.5, 0.6) is 0 Å². The van der Waals surface area contributed by atoms with Crippen LogP contribution in [0.25, 0.3) is 0 Å². The molecule has 0 rings (SSSR count). The maximum atomic E-state index is 11.7. The van der Waals surface area contributed by atoms with Gasteiger partial charge in [-0.25, -0.2) is 4.79 Å². The number of rotatable bonds is 8. The molecule has 1 atom stereocenters. The summed E-state index contributed by atoms with van der Waals surface area (Å²) in [6, 6.07) is -0.351. The molecule has 1 unspecified atom stereocenters. The predicted octanol–water partition coefficient (Wildman–Crippen LogP) is 0.692. The number of urea groups is 1. The Morgan fingerprint density at radius 2 is 2.00 bits per heavy atom. The fourth-order valence-electron chi connectivity index (χ4n) is 1.39. The Bertz CT molecular complexity index is 319. The average molecular weight is 274 g/mol. The summed E-state index contributed by atoms with van der Waals surface area (Å²) in [5.74, 6) is -1.74. The Balaban J connectivity index is 3.94. The number of carbonyl (C=O) groups excluding carboxylic acids is 2. The third-order valence-corrected chi connectivity index (χ3v) is 2.73. The van der Waals surface area contributed by atoms with Crippen LogP contribution >= 0.6 is 0 Å². The highest BCUT2D eigenvalue weighted by molar-refractivity contribution is 5.80. The maximum Gasteiger partial charge on any atom is 0.325 e. The molecule has 0 aliphatic heterocycles. The van der Waals surface area contributed by atoms with E-state index in [4.69, 9.17) is 5.11 Å². The minimum absolute atomic E-state index is 0.0929. The van der Waals surface area contributed by atoms with Gasteiger partial charge in [0.1, 0.15) is 6.54 Å². The first-order valence-corrected chi connectivity index (χ1v) is 6.24. The molecule has 7 heteroatoms. The van der Waals surface area contributed by atoms with Gasteiger partial charge in [-0.05, 0) is 19.8 Å². The van der Waals surface area contributed by atoms with Gasteiger partial charge in [0, 0.05) is 13.1 Å². The summed E-state index contributed by atoms with van der Waals surface area (Å²) >= 11 is 0. The summed E-state index contributed by atoms with van der Waals surface area (Å²) in [7, 11) is 1.27. The van der Waals surface area contributed by atoms with E-state index in [9.17, 15) is 14.4 Å². The monoisotopic (exact) mass is 274 g/mol. The Labute approximate surface area is 112 Å². The van der Waals surface area contributed by atoms with E-state index in [1.54, 1.807) is 13.8 Å². The quantitative estimate of drug-likeness (QED) is 0.501. The molecule has 2 N–H and O–H groups in total. The van der Waals surface area contributed by atoms with Crippen molar-refractivity contribution in [3.63, 3.8) is 0 Å². The smallest absolute Gasteiger partial charge is 0.325 e. The second-order valence-corrected chi connectivity index (χ2v) is 4.20. The topological polar surface area (TPSA) is 95.9 Å². The second kappa shape index (κ2) is 9.18. The van der Waals surface area contributed by atoms with Crippen molar-refractivity contribution in [1.29, 1.82) is 0 Å². The summed E-state index contributed by atoms with van der Waals surface area (Å²) in [6.45, 7) is 4.07. The molecule has 0 saturated carbocycles. The van der Waals surface area contributed by atoms with Gasteiger partial charge in [-0.15, -0.1) is 0 Å². The SMILES string of the molecule is CCN(CC(=O)OC)C(=O)NCCCC(C)C(=O)O. The first kappa shape index (κ1) is 17.2. The summed E-state index contributed by atoms with van der Waals surface area (Å²) in [4.78, 5) is 34.7. The van der Waals surface area contributed by atoms with E-state index >= 15 is 0 Å². The van der Waals surface area contributed by atoms with Crippen LogP contribution in [0.4, 0.5) is 4.79 Å². The molecule has 0 aromatic carbocycles. The first-order valence-electron chi connectivity index (χ1n) is 6.24. The molecule has 0 saturated heterocycles. The van der Waals surface area contributed by atoms with Crippen molar-refractivity contribution in [1.82, 2.24) is 10.2 Å². The van der Waals surface area contributed by atoms with Gasteiger partial charge >= 0.3 is 18.0 Å². The lowest BCUT2D eigenvalue weighted by Crippen LogP contribution is -2.43. The lowest BCUT2D eigenvalue weighted by atomic mass is 10.1. The number of esters is 1. The second-order valence-electron chi connectivity index (χ2n) is 4.20. The molecule has 0 fully saturated rings. The summed E-state index contributed by atoms with van der Waals surface area (Å²) in [5, 5.41) is 11.3. The van der Waals surface area contributed by atoms with Crippen LogP contribution in [0.15, 0.2) is 0 Å². The van der Waals surface area contributed by atoms with Crippen LogP contribution in [0, 0.1) is 5.92 Å². The molecular formula is C12H22N2O5. The molecule has 110 valence electrons. The van der Waals surface area contributed by atoms with Crippen LogP contribution < -0.4 is 5.32 Å². The zero-order valence-corrected chi connectivity index (χ0v) is 11.6. The average Bonchev–Trinajstić information content (AvgIpc) is 2.39. The number of carboxylic acid groups (broad SMARTS) is 1. The van der Waals surface area contributed by atoms with Crippen molar-refractivity contribution < 1.29 is 24.2 Å². The number of hydrogen-bond donors (Lipinski definition) is 2. The van der Waals surface area contributed by atoms with Crippen LogP contribution in [0.1, 0.15) is 26.7 Å². The molecule has 0 radical (unpaired) electrons. The third kappa shape index (κ3) is 7.28.